The maximum absolute atomic E-state index is 12.7. The van der Waals surface area contributed by atoms with Gasteiger partial charge in [0.2, 0.25) is 0 Å². The predicted octanol–water partition coefficient (Wildman–Crippen LogP) is 3.44. The predicted molar refractivity (Wildman–Crippen MR) is 92.6 cm³/mol. The zero-order valence-corrected chi connectivity index (χ0v) is 13.5. The Kier molecular flexibility index (Phi) is 4.02. The normalized spacial score (nSPS) is 12.1. The Hall–Kier alpha value is -2.82. The minimum atomic E-state index is -0.0545. The second-order valence-corrected chi connectivity index (χ2v) is 5.58. The van der Waals surface area contributed by atoms with Gasteiger partial charge in [0.15, 0.2) is 0 Å². The van der Waals surface area contributed by atoms with Gasteiger partial charge in [-0.25, -0.2) is 4.98 Å². The van der Waals surface area contributed by atoms with Crippen molar-refractivity contribution in [3.8, 4) is 0 Å². The fourth-order valence-electron chi connectivity index (χ4n) is 2.61. The number of hydrogen-bond donors (Lipinski definition) is 2. The lowest BCUT2D eigenvalue weighted by molar-refractivity contribution is 0.0740. The summed E-state index contributed by atoms with van der Waals surface area (Å²) < 4.78 is 0. The van der Waals surface area contributed by atoms with Gasteiger partial charge in [0.05, 0.1) is 6.04 Å². The number of amides is 1. The molecular weight excluding hydrogens is 288 g/mol. The van der Waals surface area contributed by atoms with E-state index in [0.29, 0.717) is 11.4 Å². The molecule has 1 amide bonds. The van der Waals surface area contributed by atoms with Crippen LogP contribution in [0.25, 0.3) is 10.9 Å². The number of nitrogens with zero attached hydrogens (tertiary/aromatic N) is 2. The number of H-pyrrole nitrogens is 1. The molecule has 3 aromatic rings. The summed E-state index contributed by atoms with van der Waals surface area (Å²) in [5.74, 6) is 0.651. The molecule has 0 radical (unpaired) electrons. The number of rotatable bonds is 4. The SMILES string of the molecule is CNc1cc(C(=O)N(C)[C@H](C)c2cc3ccccc3[nH]2)ccn1. The van der Waals surface area contributed by atoms with Crippen molar-refractivity contribution in [1.29, 1.82) is 0 Å². The average Bonchev–Trinajstić information content (AvgIpc) is 3.04. The lowest BCUT2D eigenvalue weighted by atomic mass is 10.1. The summed E-state index contributed by atoms with van der Waals surface area (Å²) in [4.78, 5) is 22.0. The average molecular weight is 308 g/mol. The summed E-state index contributed by atoms with van der Waals surface area (Å²) in [6.07, 6.45) is 1.64. The second-order valence-electron chi connectivity index (χ2n) is 5.58. The van der Waals surface area contributed by atoms with Gasteiger partial charge in [-0.2, -0.15) is 0 Å². The molecule has 2 N–H and O–H groups in total. The molecule has 3 rings (SSSR count). The molecule has 0 saturated heterocycles. The molecule has 0 aliphatic heterocycles. The molecule has 1 atom stereocenters. The number of pyridine rings is 1. The third-order valence-corrected chi connectivity index (χ3v) is 4.17. The minimum absolute atomic E-state index is 0.0324. The fourth-order valence-corrected chi connectivity index (χ4v) is 2.61. The summed E-state index contributed by atoms with van der Waals surface area (Å²) >= 11 is 0. The third kappa shape index (κ3) is 2.90. The topological polar surface area (TPSA) is 61.0 Å². The van der Waals surface area contributed by atoms with Gasteiger partial charge < -0.3 is 15.2 Å². The molecular formula is C18H20N4O. The Balaban J connectivity index is 1.85. The van der Waals surface area contributed by atoms with Crippen LogP contribution in [0.2, 0.25) is 0 Å². The van der Waals surface area contributed by atoms with Crippen molar-refractivity contribution in [2.24, 2.45) is 0 Å². The van der Waals surface area contributed by atoms with E-state index in [2.05, 4.69) is 27.4 Å². The summed E-state index contributed by atoms with van der Waals surface area (Å²) in [6, 6.07) is 13.6. The van der Waals surface area contributed by atoms with Crippen LogP contribution < -0.4 is 5.32 Å². The maximum atomic E-state index is 12.7. The van der Waals surface area contributed by atoms with Gasteiger partial charge in [-0.1, -0.05) is 18.2 Å². The number of carbonyl (C=O) groups is 1. The Morgan fingerprint density at radius 1 is 1.26 bits per heavy atom. The minimum Gasteiger partial charge on any atom is -0.373 e. The van der Waals surface area contributed by atoms with Crippen molar-refractivity contribution < 1.29 is 4.79 Å². The van der Waals surface area contributed by atoms with Crippen molar-refractivity contribution in [2.75, 3.05) is 19.4 Å². The highest BCUT2D eigenvalue weighted by Gasteiger charge is 2.20. The number of carbonyl (C=O) groups excluding carboxylic acids is 1. The number of hydrogen-bond acceptors (Lipinski definition) is 3. The zero-order chi connectivity index (χ0) is 16.4. The molecule has 0 aliphatic carbocycles. The summed E-state index contributed by atoms with van der Waals surface area (Å²) in [7, 11) is 3.60. The molecule has 2 heterocycles. The lowest BCUT2D eigenvalue weighted by Gasteiger charge is -2.24. The van der Waals surface area contributed by atoms with Crippen LogP contribution in [0.4, 0.5) is 5.82 Å². The summed E-state index contributed by atoms with van der Waals surface area (Å²) in [6.45, 7) is 2.02. The van der Waals surface area contributed by atoms with Crippen LogP contribution in [0.15, 0.2) is 48.7 Å². The number of aromatic nitrogens is 2. The summed E-state index contributed by atoms with van der Waals surface area (Å²) in [5, 5.41) is 4.10. The van der Waals surface area contributed by atoms with Crippen molar-refractivity contribution in [1.82, 2.24) is 14.9 Å². The van der Waals surface area contributed by atoms with Gasteiger partial charge >= 0.3 is 0 Å². The highest BCUT2D eigenvalue weighted by Crippen LogP contribution is 2.24. The first-order chi connectivity index (χ1) is 11.1. The first-order valence-electron chi connectivity index (χ1n) is 7.59. The third-order valence-electron chi connectivity index (χ3n) is 4.17. The highest BCUT2D eigenvalue weighted by atomic mass is 16.2. The first kappa shape index (κ1) is 15.1. The number of aromatic amines is 1. The molecule has 0 aliphatic rings. The van der Waals surface area contributed by atoms with Gasteiger partial charge in [-0.05, 0) is 36.6 Å². The van der Waals surface area contributed by atoms with Crippen LogP contribution in [0.1, 0.15) is 29.0 Å². The van der Waals surface area contributed by atoms with Crippen LogP contribution in [0, 0.1) is 0 Å². The van der Waals surface area contributed by atoms with Gasteiger partial charge in [0.1, 0.15) is 5.82 Å². The number of nitrogens with one attached hydrogen (secondary N) is 2. The van der Waals surface area contributed by atoms with E-state index < -0.39 is 0 Å². The smallest absolute Gasteiger partial charge is 0.254 e. The first-order valence-corrected chi connectivity index (χ1v) is 7.59. The van der Waals surface area contributed by atoms with Crippen molar-refractivity contribution in [3.05, 3.63) is 59.9 Å². The van der Waals surface area contributed by atoms with Gasteiger partial charge in [0.25, 0.3) is 5.91 Å². The van der Waals surface area contributed by atoms with Crippen LogP contribution >= 0.6 is 0 Å². The van der Waals surface area contributed by atoms with Crippen LogP contribution in [0.5, 0.6) is 0 Å². The van der Waals surface area contributed by atoms with Gasteiger partial charge in [-0.3, -0.25) is 4.79 Å². The van der Waals surface area contributed by atoms with Crippen LogP contribution in [-0.2, 0) is 0 Å². The molecule has 0 bridgehead atoms. The Morgan fingerprint density at radius 3 is 2.78 bits per heavy atom. The molecule has 23 heavy (non-hydrogen) atoms. The van der Waals surface area contributed by atoms with Crippen molar-refractivity contribution in [3.63, 3.8) is 0 Å². The molecule has 5 heteroatoms. The molecule has 0 spiro atoms. The summed E-state index contributed by atoms with van der Waals surface area (Å²) in [5.41, 5.74) is 2.72. The molecule has 2 aromatic heterocycles. The molecule has 118 valence electrons. The van der Waals surface area contributed by atoms with Crippen molar-refractivity contribution in [2.45, 2.75) is 13.0 Å². The zero-order valence-electron chi connectivity index (χ0n) is 13.5. The van der Waals surface area contributed by atoms with E-state index in [1.807, 2.05) is 32.2 Å². The van der Waals surface area contributed by atoms with E-state index in [1.165, 1.54) is 0 Å². The largest absolute Gasteiger partial charge is 0.373 e. The number of para-hydroxylation sites is 1. The van der Waals surface area contributed by atoms with Gasteiger partial charge in [-0.15, -0.1) is 0 Å². The van der Waals surface area contributed by atoms with E-state index >= 15 is 0 Å². The number of anilines is 1. The van der Waals surface area contributed by atoms with E-state index in [1.54, 1.807) is 30.3 Å². The van der Waals surface area contributed by atoms with Crippen LogP contribution in [-0.4, -0.2) is 34.9 Å². The maximum Gasteiger partial charge on any atom is 0.254 e. The number of benzene rings is 1. The Morgan fingerprint density at radius 2 is 2.04 bits per heavy atom. The molecule has 0 saturated carbocycles. The molecule has 0 unspecified atom stereocenters. The van der Waals surface area contributed by atoms with E-state index in [0.717, 1.165) is 16.6 Å². The fraction of sp³-hybridized carbons (Fsp3) is 0.222. The van der Waals surface area contributed by atoms with Crippen molar-refractivity contribution >= 4 is 22.6 Å². The molecule has 5 nitrogen and oxygen atoms in total. The van der Waals surface area contributed by atoms with Gasteiger partial charge in [0, 0.05) is 37.1 Å². The second kappa shape index (κ2) is 6.12. The van der Waals surface area contributed by atoms with E-state index in [-0.39, 0.29) is 11.9 Å². The lowest BCUT2D eigenvalue weighted by Crippen LogP contribution is -2.29. The Labute approximate surface area is 135 Å². The molecule has 0 fully saturated rings. The molecule has 1 aromatic carbocycles. The standard InChI is InChI=1S/C18H20N4O/c1-12(16-10-13-6-4-5-7-15(13)21-16)22(3)18(23)14-8-9-20-17(11-14)19-2/h4-12,21H,1-3H3,(H,19,20)/t12-/m1/s1. The highest BCUT2D eigenvalue weighted by molar-refractivity contribution is 5.95. The monoisotopic (exact) mass is 308 g/mol. The quantitative estimate of drug-likeness (QED) is 0.776. The Bertz CT molecular complexity index is 807. The van der Waals surface area contributed by atoms with Crippen LogP contribution in [0.3, 0.4) is 0 Å². The number of fused-ring (bicyclic) bond motifs is 1. The van der Waals surface area contributed by atoms with E-state index in [4.69, 9.17) is 0 Å². The van der Waals surface area contributed by atoms with E-state index in [9.17, 15) is 4.79 Å².